The Morgan fingerprint density at radius 1 is 0.667 bits per heavy atom. The van der Waals surface area contributed by atoms with E-state index in [4.69, 9.17) is 24.0 Å². The van der Waals surface area contributed by atoms with Crippen LogP contribution in [-0.4, -0.2) is 103 Å². The van der Waals surface area contributed by atoms with Gasteiger partial charge in [0, 0.05) is 56.5 Å². The van der Waals surface area contributed by atoms with Crippen LogP contribution in [0.25, 0.3) is 45.1 Å². The molecule has 0 atom stereocenters. The van der Waals surface area contributed by atoms with E-state index in [0.29, 0.717) is 40.8 Å². The maximum atomic E-state index is 11.5. The standard InChI is InChI=1S/C20H22N4O4.C20H24N4O2/c25-24(26)18-14-15(20-22-17-4-1-2-5-19(17)28-20)6-7-16(18)21-8-3-9-23-10-12-27-13-11-23;21-16-14-15(20-23-18-4-1-2-5-19(18)26-20)6-7-17(16)22-8-3-9-24-10-12-25-13-11-24/h1-2,4-7,14,21H,3,8-13H2;1-2,4-7,14,22H,3,8-13,21H2. The maximum Gasteiger partial charge on any atom is 0.293 e. The lowest BCUT2D eigenvalue weighted by atomic mass is 10.1. The number of nitrogens with one attached hydrogen (secondary N) is 2. The molecule has 0 spiro atoms. The van der Waals surface area contributed by atoms with Gasteiger partial charge in [0.15, 0.2) is 11.2 Å². The zero-order valence-corrected chi connectivity index (χ0v) is 30.2. The summed E-state index contributed by atoms with van der Waals surface area (Å²) in [6.07, 6.45) is 1.98. The predicted molar refractivity (Wildman–Crippen MR) is 211 cm³/mol. The number of rotatable bonds is 13. The van der Waals surface area contributed by atoms with Crippen molar-refractivity contribution in [2.24, 2.45) is 0 Å². The zero-order valence-electron chi connectivity index (χ0n) is 30.2. The van der Waals surface area contributed by atoms with Crippen LogP contribution in [0.5, 0.6) is 0 Å². The summed E-state index contributed by atoms with van der Waals surface area (Å²) in [5.74, 6) is 0.972. The normalized spacial score (nSPS) is 15.2. The monoisotopic (exact) mass is 734 g/mol. The van der Waals surface area contributed by atoms with Crippen molar-refractivity contribution in [1.82, 2.24) is 19.8 Å². The van der Waals surface area contributed by atoms with Crippen molar-refractivity contribution in [3.63, 3.8) is 0 Å². The van der Waals surface area contributed by atoms with Crippen LogP contribution < -0.4 is 16.4 Å². The number of anilines is 3. The van der Waals surface area contributed by atoms with Crippen LogP contribution in [0.15, 0.2) is 93.8 Å². The molecule has 0 aliphatic carbocycles. The fourth-order valence-corrected chi connectivity index (χ4v) is 6.51. The molecule has 2 fully saturated rings. The summed E-state index contributed by atoms with van der Waals surface area (Å²) in [5, 5.41) is 18.2. The number of oxazole rings is 2. The Kier molecular flexibility index (Phi) is 12.3. The molecule has 2 aliphatic rings. The van der Waals surface area contributed by atoms with Crippen LogP contribution in [0.1, 0.15) is 12.8 Å². The first-order chi connectivity index (χ1) is 26.5. The highest BCUT2D eigenvalue weighted by molar-refractivity contribution is 5.79. The second-order valence-electron chi connectivity index (χ2n) is 13.2. The molecule has 14 nitrogen and oxygen atoms in total. The van der Waals surface area contributed by atoms with Crippen LogP contribution in [0.4, 0.5) is 22.7 Å². The fourth-order valence-electron chi connectivity index (χ4n) is 6.51. The van der Waals surface area contributed by atoms with Crippen molar-refractivity contribution in [2.45, 2.75) is 12.8 Å². The molecular weight excluding hydrogens is 688 g/mol. The Bertz CT molecular complexity index is 2070. The lowest BCUT2D eigenvalue weighted by molar-refractivity contribution is -0.383. The van der Waals surface area contributed by atoms with Crippen LogP contribution in [-0.2, 0) is 9.47 Å². The summed E-state index contributed by atoms with van der Waals surface area (Å²) in [6.45, 7) is 10.8. The number of ether oxygens (including phenoxy) is 2. The molecule has 4 aromatic carbocycles. The smallest absolute Gasteiger partial charge is 0.293 e. The summed E-state index contributed by atoms with van der Waals surface area (Å²) in [6, 6.07) is 26.1. The van der Waals surface area contributed by atoms with Gasteiger partial charge < -0.3 is 34.7 Å². The molecule has 6 aromatic rings. The minimum Gasteiger partial charge on any atom is -0.436 e. The number of para-hydroxylation sites is 4. The van der Waals surface area contributed by atoms with Crippen LogP contribution in [0.2, 0.25) is 0 Å². The van der Waals surface area contributed by atoms with Gasteiger partial charge in [-0.15, -0.1) is 0 Å². The van der Waals surface area contributed by atoms with Gasteiger partial charge in [0.25, 0.3) is 5.69 Å². The molecule has 0 unspecified atom stereocenters. The molecule has 8 rings (SSSR count). The Labute approximate surface area is 313 Å². The molecular formula is C40H46N8O6. The summed E-state index contributed by atoms with van der Waals surface area (Å²) in [4.78, 5) is 24.9. The molecule has 2 saturated heterocycles. The van der Waals surface area contributed by atoms with E-state index in [1.165, 1.54) is 6.07 Å². The number of benzene rings is 4. The number of morpholine rings is 2. The van der Waals surface area contributed by atoms with Crippen molar-refractivity contribution < 1.29 is 23.2 Å². The second kappa shape index (κ2) is 18.0. The number of nitrogens with two attached hydrogens (primary N) is 1. The summed E-state index contributed by atoms with van der Waals surface area (Å²) in [5.41, 5.74) is 12.9. The van der Waals surface area contributed by atoms with E-state index in [9.17, 15) is 10.1 Å². The third-order valence-electron chi connectivity index (χ3n) is 9.47. The average Bonchev–Trinajstić information content (AvgIpc) is 3.85. The molecule has 2 aliphatic heterocycles. The quantitative estimate of drug-likeness (QED) is 0.0493. The largest absolute Gasteiger partial charge is 0.436 e. The van der Waals surface area contributed by atoms with Gasteiger partial charge in [-0.2, -0.15) is 0 Å². The molecule has 0 bridgehead atoms. The third kappa shape index (κ3) is 9.51. The second-order valence-corrected chi connectivity index (χ2v) is 13.2. The van der Waals surface area contributed by atoms with E-state index in [-0.39, 0.29) is 10.6 Å². The summed E-state index contributed by atoms with van der Waals surface area (Å²) in [7, 11) is 0. The number of fused-ring (bicyclic) bond motifs is 2. The molecule has 0 saturated carbocycles. The Morgan fingerprint density at radius 2 is 1.15 bits per heavy atom. The topological polar surface area (TPSA) is 170 Å². The maximum absolute atomic E-state index is 11.5. The molecule has 0 amide bonds. The molecule has 282 valence electrons. The Hall–Kier alpha value is -5.54. The van der Waals surface area contributed by atoms with Crippen molar-refractivity contribution in [3.8, 4) is 22.9 Å². The van der Waals surface area contributed by atoms with Gasteiger partial charge in [-0.1, -0.05) is 24.3 Å². The van der Waals surface area contributed by atoms with Gasteiger partial charge in [0.2, 0.25) is 11.8 Å². The number of aromatic nitrogens is 2. The minimum absolute atomic E-state index is 0.0196. The number of nitro benzene ring substituents is 1. The van der Waals surface area contributed by atoms with E-state index in [2.05, 4.69) is 30.4 Å². The molecule has 14 heteroatoms. The van der Waals surface area contributed by atoms with E-state index < -0.39 is 0 Å². The summed E-state index contributed by atoms with van der Waals surface area (Å²) >= 11 is 0. The third-order valence-corrected chi connectivity index (χ3v) is 9.47. The highest BCUT2D eigenvalue weighted by Crippen LogP contribution is 2.32. The lowest BCUT2D eigenvalue weighted by Crippen LogP contribution is -2.37. The van der Waals surface area contributed by atoms with E-state index in [0.717, 1.165) is 113 Å². The Morgan fingerprint density at radius 3 is 1.65 bits per heavy atom. The van der Waals surface area contributed by atoms with Gasteiger partial charge in [0.05, 0.1) is 42.7 Å². The number of hydrogen-bond acceptors (Lipinski definition) is 13. The van der Waals surface area contributed by atoms with Crippen molar-refractivity contribution in [1.29, 1.82) is 0 Å². The van der Waals surface area contributed by atoms with E-state index in [1.54, 1.807) is 12.1 Å². The minimum atomic E-state index is -0.379. The van der Waals surface area contributed by atoms with E-state index in [1.807, 2.05) is 66.7 Å². The highest BCUT2D eigenvalue weighted by atomic mass is 16.6. The van der Waals surface area contributed by atoms with E-state index >= 15 is 0 Å². The first-order valence-corrected chi connectivity index (χ1v) is 18.5. The van der Waals surface area contributed by atoms with Crippen molar-refractivity contribution >= 4 is 44.9 Å². The number of nitro groups is 1. The molecule has 4 heterocycles. The van der Waals surface area contributed by atoms with Gasteiger partial charge >= 0.3 is 0 Å². The number of hydrogen-bond donors (Lipinski definition) is 3. The van der Waals surface area contributed by atoms with Crippen LogP contribution >= 0.6 is 0 Å². The van der Waals surface area contributed by atoms with Gasteiger partial charge in [0.1, 0.15) is 16.7 Å². The SMILES string of the molecule is Nc1cc(-c2nc3ccccc3o2)ccc1NCCCN1CCOCC1.O=[N+]([O-])c1cc(-c2nc3ccccc3o2)ccc1NCCCN1CCOCC1. The first-order valence-electron chi connectivity index (χ1n) is 18.5. The van der Waals surface area contributed by atoms with Gasteiger partial charge in [-0.3, -0.25) is 19.9 Å². The summed E-state index contributed by atoms with van der Waals surface area (Å²) < 4.78 is 22.2. The average molecular weight is 735 g/mol. The lowest BCUT2D eigenvalue weighted by Gasteiger charge is -2.26. The van der Waals surface area contributed by atoms with Crippen molar-refractivity contribution in [2.75, 3.05) is 95.2 Å². The predicted octanol–water partition coefficient (Wildman–Crippen LogP) is 6.75. The molecule has 4 N–H and O–H groups in total. The molecule has 0 radical (unpaired) electrons. The van der Waals surface area contributed by atoms with Gasteiger partial charge in [-0.05, 0) is 80.5 Å². The number of nitrogen functional groups attached to an aromatic ring is 1. The zero-order chi connectivity index (χ0) is 37.1. The number of nitrogens with zero attached hydrogens (tertiary/aromatic N) is 5. The molecule has 2 aromatic heterocycles. The fraction of sp³-hybridized carbons (Fsp3) is 0.350. The Balaban J connectivity index is 0.000000167. The van der Waals surface area contributed by atoms with Crippen LogP contribution in [0, 0.1) is 10.1 Å². The van der Waals surface area contributed by atoms with Crippen molar-refractivity contribution in [3.05, 3.63) is 95.0 Å². The molecule has 54 heavy (non-hydrogen) atoms. The van der Waals surface area contributed by atoms with Gasteiger partial charge in [-0.25, -0.2) is 9.97 Å². The van der Waals surface area contributed by atoms with Crippen LogP contribution in [0.3, 0.4) is 0 Å². The first kappa shape index (κ1) is 36.8. The highest BCUT2D eigenvalue weighted by Gasteiger charge is 2.18.